The fourth-order valence-electron chi connectivity index (χ4n) is 0.605. The fourth-order valence-corrected chi connectivity index (χ4v) is 0.605. The average molecular weight is 114 g/mol. The minimum atomic E-state index is 0.958. The molecule has 0 heteroatoms. The third-order valence-electron chi connectivity index (χ3n) is 0.990. The lowest BCUT2D eigenvalue weighted by molar-refractivity contribution is 1.65. The van der Waals surface area contributed by atoms with Crippen LogP contribution in [0.15, 0.2) is 30.3 Å². The SMILES string of the molecule is [CH]C#Cc1ccccc1. The topological polar surface area (TPSA) is 0 Å². The Balaban J connectivity index is 2.94. The summed E-state index contributed by atoms with van der Waals surface area (Å²) >= 11 is 0. The smallest absolute Gasteiger partial charge is 0.0507 e. The molecule has 42 valence electrons. The molecule has 0 aromatic heterocycles. The van der Waals surface area contributed by atoms with Crippen molar-refractivity contribution < 1.29 is 0 Å². The van der Waals surface area contributed by atoms with Crippen LogP contribution in [0.2, 0.25) is 0 Å². The van der Waals surface area contributed by atoms with Crippen LogP contribution in [0.4, 0.5) is 0 Å². The van der Waals surface area contributed by atoms with Gasteiger partial charge in [-0.3, -0.25) is 0 Å². The molecule has 0 aliphatic carbocycles. The Morgan fingerprint density at radius 2 is 1.78 bits per heavy atom. The molecule has 0 amide bonds. The minimum Gasteiger partial charge on any atom is -0.0918 e. The van der Waals surface area contributed by atoms with E-state index >= 15 is 0 Å². The highest BCUT2D eigenvalue weighted by molar-refractivity contribution is 5.33. The van der Waals surface area contributed by atoms with Gasteiger partial charge in [-0.2, -0.15) is 0 Å². The predicted octanol–water partition coefficient (Wildman–Crippen LogP) is 1.75. The van der Waals surface area contributed by atoms with Gasteiger partial charge in [0.15, 0.2) is 0 Å². The maximum absolute atomic E-state index is 5.00. The van der Waals surface area contributed by atoms with Crippen LogP contribution in [0.3, 0.4) is 0 Å². The standard InChI is InChI=1S/C9H6/c1-2-6-9-7-4-3-5-8-9/h1,3-5,7-8H. The summed E-state index contributed by atoms with van der Waals surface area (Å²) in [5, 5.41) is 0. The summed E-state index contributed by atoms with van der Waals surface area (Å²) in [5.41, 5.74) is 0.958. The second kappa shape index (κ2) is 2.94. The first-order valence-electron chi connectivity index (χ1n) is 2.70. The van der Waals surface area contributed by atoms with Gasteiger partial charge in [0.05, 0.1) is 6.92 Å². The summed E-state index contributed by atoms with van der Waals surface area (Å²) in [6.45, 7) is 5.00. The van der Waals surface area contributed by atoms with Crippen LogP contribution in [0.5, 0.6) is 0 Å². The van der Waals surface area contributed by atoms with Gasteiger partial charge in [0.1, 0.15) is 0 Å². The fraction of sp³-hybridized carbons (Fsp3) is 0. The van der Waals surface area contributed by atoms with E-state index in [0.29, 0.717) is 0 Å². The van der Waals surface area contributed by atoms with Crippen LogP contribution in [0.25, 0.3) is 0 Å². The van der Waals surface area contributed by atoms with Gasteiger partial charge in [0, 0.05) is 5.56 Å². The second-order valence-corrected chi connectivity index (χ2v) is 1.64. The van der Waals surface area contributed by atoms with E-state index in [-0.39, 0.29) is 0 Å². The molecule has 0 unspecified atom stereocenters. The lowest BCUT2D eigenvalue weighted by Gasteiger charge is -1.83. The molecule has 9 heavy (non-hydrogen) atoms. The van der Waals surface area contributed by atoms with Gasteiger partial charge in [0.2, 0.25) is 0 Å². The van der Waals surface area contributed by atoms with Gasteiger partial charge in [-0.25, -0.2) is 0 Å². The Labute approximate surface area is 55.5 Å². The van der Waals surface area contributed by atoms with Crippen molar-refractivity contribution in [1.29, 1.82) is 0 Å². The lowest BCUT2D eigenvalue weighted by Crippen LogP contribution is -1.67. The van der Waals surface area contributed by atoms with Gasteiger partial charge in [-0.05, 0) is 12.1 Å². The molecule has 0 aliphatic heterocycles. The first kappa shape index (κ1) is 5.91. The molecule has 0 atom stereocenters. The number of hydrogen-bond acceptors (Lipinski definition) is 0. The zero-order valence-corrected chi connectivity index (χ0v) is 4.96. The van der Waals surface area contributed by atoms with Gasteiger partial charge < -0.3 is 0 Å². The molecule has 0 saturated heterocycles. The summed E-state index contributed by atoms with van der Waals surface area (Å²) < 4.78 is 0. The van der Waals surface area contributed by atoms with E-state index < -0.39 is 0 Å². The quantitative estimate of drug-likeness (QED) is 0.451. The highest BCUT2D eigenvalue weighted by atomic mass is 13.8. The van der Waals surface area contributed by atoms with Crippen LogP contribution < -0.4 is 0 Å². The van der Waals surface area contributed by atoms with Crippen molar-refractivity contribution in [2.45, 2.75) is 0 Å². The summed E-state index contributed by atoms with van der Waals surface area (Å²) in [7, 11) is 0. The van der Waals surface area contributed by atoms with E-state index in [9.17, 15) is 0 Å². The molecular weight excluding hydrogens is 108 g/mol. The zero-order valence-electron chi connectivity index (χ0n) is 4.96. The molecule has 2 radical (unpaired) electrons. The van der Waals surface area contributed by atoms with E-state index in [1.807, 2.05) is 30.3 Å². The van der Waals surface area contributed by atoms with E-state index in [1.54, 1.807) is 0 Å². The molecule has 0 saturated carbocycles. The molecular formula is C9H6. The third kappa shape index (κ3) is 1.62. The number of benzene rings is 1. The van der Waals surface area contributed by atoms with Gasteiger partial charge in [0.25, 0.3) is 0 Å². The summed E-state index contributed by atoms with van der Waals surface area (Å²) in [6.07, 6.45) is 0. The van der Waals surface area contributed by atoms with Crippen LogP contribution >= 0.6 is 0 Å². The maximum atomic E-state index is 5.00. The van der Waals surface area contributed by atoms with Crippen LogP contribution in [-0.2, 0) is 0 Å². The van der Waals surface area contributed by atoms with Crippen molar-refractivity contribution in [1.82, 2.24) is 0 Å². The van der Waals surface area contributed by atoms with Gasteiger partial charge in [-0.1, -0.05) is 30.0 Å². The monoisotopic (exact) mass is 114 g/mol. The molecule has 1 aromatic carbocycles. The van der Waals surface area contributed by atoms with Gasteiger partial charge >= 0.3 is 0 Å². The van der Waals surface area contributed by atoms with Gasteiger partial charge in [-0.15, -0.1) is 0 Å². The number of hydrogen-bond donors (Lipinski definition) is 0. The first-order valence-corrected chi connectivity index (χ1v) is 2.70. The van der Waals surface area contributed by atoms with Crippen LogP contribution in [-0.4, -0.2) is 0 Å². The van der Waals surface area contributed by atoms with Crippen LogP contribution in [0, 0.1) is 18.8 Å². The molecule has 1 aromatic rings. The van der Waals surface area contributed by atoms with E-state index in [1.165, 1.54) is 0 Å². The Hall–Kier alpha value is -1.22. The molecule has 0 spiro atoms. The Morgan fingerprint density at radius 3 is 2.33 bits per heavy atom. The Bertz CT molecular complexity index is 223. The largest absolute Gasteiger partial charge is 0.0918 e. The summed E-state index contributed by atoms with van der Waals surface area (Å²) in [4.78, 5) is 0. The molecule has 0 bridgehead atoms. The molecule has 1 rings (SSSR count). The summed E-state index contributed by atoms with van der Waals surface area (Å²) in [5.74, 6) is 5.07. The lowest BCUT2D eigenvalue weighted by atomic mass is 10.2. The highest BCUT2D eigenvalue weighted by Gasteiger charge is 1.77. The molecule has 0 heterocycles. The molecule has 0 aliphatic rings. The normalized spacial score (nSPS) is 7.67. The van der Waals surface area contributed by atoms with E-state index in [2.05, 4.69) is 11.8 Å². The van der Waals surface area contributed by atoms with Crippen molar-refractivity contribution in [3.05, 3.63) is 42.8 Å². The van der Waals surface area contributed by atoms with E-state index in [0.717, 1.165) is 5.56 Å². The zero-order chi connectivity index (χ0) is 6.53. The number of rotatable bonds is 0. The van der Waals surface area contributed by atoms with Crippen molar-refractivity contribution in [2.75, 3.05) is 0 Å². The Morgan fingerprint density at radius 1 is 1.11 bits per heavy atom. The van der Waals surface area contributed by atoms with Crippen molar-refractivity contribution in [2.24, 2.45) is 0 Å². The highest BCUT2D eigenvalue weighted by Crippen LogP contribution is 1.93. The molecule has 0 nitrogen and oxygen atoms in total. The minimum absolute atomic E-state index is 0.958. The van der Waals surface area contributed by atoms with E-state index in [4.69, 9.17) is 6.92 Å². The van der Waals surface area contributed by atoms with Crippen molar-refractivity contribution in [3.8, 4) is 11.8 Å². The second-order valence-electron chi connectivity index (χ2n) is 1.64. The maximum Gasteiger partial charge on any atom is 0.0507 e. The van der Waals surface area contributed by atoms with Crippen molar-refractivity contribution in [3.63, 3.8) is 0 Å². The summed E-state index contributed by atoms with van der Waals surface area (Å²) in [6, 6.07) is 9.64. The molecule has 0 N–H and O–H groups in total. The third-order valence-corrected chi connectivity index (χ3v) is 0.990. The first-order chi connectivity index (χ1) is 4.43. The van der Waals surface area contributed by atoms with Crippen molar-refractivity contribution >= 4 is 0 Å². The molecule has 0 fully saturated rings. The average Bonchev–Trinajstić information content (AvgIpc) is 1.91. The Kier molecular flexibility index (Phi) is 1.93. The van der Waals surface area contributed by atoms with Crippen LogP contribution in [0.1, 0.15) is 5.56 Å². The predicted molar refractivity (Wildman–Crippen MR) is 37.6 cm³/mol.